The van der Waals surface area contributed by atoms with Crippen molar-refractivity contribution in [1.29, 1.82) is 0 Å². The van der Waals surface area contributed by atoms with Gasteiger partial charge >= 0.3 is 0 Å². The summed E-state index contributed by atoms with van der Waals surface area (Å²) in [6.45, 7) is 4.79. The van der Waals surface area contributed by atoms with Gasteiger partial charge in [0, 0.05) is 55.3 Å². The molecule has 0 radical (unpaired) electrons. The van der Waals surface area contributed by atoms with Gasteiger partial charge in [-0.15, -0.1) is 0 Å². The number of hydrogen-bond donors (Lipinski definition) is 0. The van der Waals surface area contributed by atoms with Gasteiger partial charge in [0.05, 0.1) is 11.4 Å². The van der Waals surface area contributed by atoms with Crippen molar-refractivity contribution in [2.24, 2.45) is 0 Å². The number of nitrogens with zero attached hydrogens (tertiary/aromatic N) is 2. The average molecular weight is 1020 g/mol. The molecule has 3 nitrogen and oxygen atoms in total. The largest absolute Gasteiger partial charge is 0.455 e. The first-order valence-corrected chi connectivity index (χ1v) is 27.7. The molecule has 0 N–H and O–H groups in total. The lowest BCUT2D eigenvalue weighted by atomic mass is 9.82. The predicted octanol–water partition coefficient (Wildman–Crippen LogP) is 21.9. The van der Waals surface area contributed by atoms with Crippen LogP contribution in [0.15, 0.2) is 283 Å². The van der Waals surface area contributed by atoms with Crippen molar-refractivity contribution >= 4 is 110 Å². The van der Waals surface area contributed by atoms with Crippen LogP contribution in [-0.2, 0) is 5.41 Å². The quantitative estimate of drug-likeness (QED) is 0.141. The molecule has 0 unspecified atom stereocenters. The van der Waals surface area contributed by atoms with Crippen molar-refractivity contribution < 1.29 is 4.42 Å². The Bertz CT molecular complexity index is 4950. The number of benzene rings is 14. The number of furan rings is 1. The minimum absolute atomic E-state index is 0.323. The van der Waals surface area contributed by atoms with Crippen molar-refractivity contribution in [2.45, 2.75) is 19.3 Å². The lowest BCUT2D eigenvalue weighted by Gasteiger charge is -2.30. The van der Waals surface area contributed by atoms with Crippen molar-refractivity contribution in [2.75, 3.05) is 9.80 Å². The highest BCUT2D eigenvalue weighted by Gasteiger charge is 2.37. The highest BCUT2D eigenvalue weighted by atomic mass is 16.3. The van der Waals surface area contributed by atoms with Crippen LogP contribution in [-0.4, -0.2) is 0 Å². The van der Waals surface area contributed by atoms with Crippen LogP contribution in [0.5, 0.6) is 0 Å². The molecule has 3 heteroatoms. The van der Waals surface area contributed by atoms with E-state index in [0.717, 1.165) is 78.0 Å². The second-order valence-electron chi connectivity index (χ2n) is 21.9. The predicted molar refractivity (Wildman–Crippen MR) is 339 cm³/mol. The second-order valence-corrected chi connectivity index (χ2v) is 21.9. The van der Waals surface area contributed by atoms with E-state index in [4.69, 9.17) is 4.42 Å². The summed E-state index contributed by atoms with van der Waals surface area (Å²) in [4.78, 5) is 4.89. The van der Waals surface area contributed by atoms with E-state index >= 15 is 0 Å². The third kappa shape index (κ3) is 7.07. The van der Waals surface area contributed by atoms with E-state index < -0.39 is 0 Å². The van der Waals surface area contributed by atoms with Gasteiger partial charge in [-0.3, -0.25) is 0 Å². The molecule has 15 aromatic rings. The van der Waals surface area contributed by atoms with E-state index in [9.17, 15) is 0 Å². The molecule has 14 aromatic carbocycles. The van der Waals surface area contributed by atoms with Gasteiger partial charge in [0.25, 0.3) is 0 Å². The SMILES string of the molecule is CC1(C)c2cc(N(c3ccccc3)c3cccc4ccccc34)ccc2-c2ccc(N(c3ccc(-c4ccc5c6ccccc6c6ccccc6c5c4)cc3)c3ccc(-c4cccc5c4oc4ccccc45)c4ccccc34)cc21. The summed E-state index contributed by atoms with van der Waals surface area (Å²) in [7, 11) is 0. The van der Waals surface area contributed by atoms with E-state index in [2.05, 4.69) is 297 Å². The molecule has 1 heterocycles. The van der Waals surface area contributed by atoms with Gasteiger partial charge in [0.2, 0.25) is 0 Å². The van der Waals surface area contributed by atoms with Crippen molar-refractivity contribution in [1.82, 2.24) is 0 Å². The van der Waals surface area contributed by atoms with Crippen LogP contribution in [0.1, 0.15) is 25.0 Å². The van der Waals surface area contributed by atoms with Crippen molar-refractivity contribution in [3.8, 4) is 33.4 Å². The Hall–Kier alpha value is -10.2. The third-order valence-corrected chi connectivity index (χ3v) is 17.2. The van der Waals surface area contributed by atoms with Crippen LogP contribution in [0.3, 0.4) is 0 Å². The van der Waals surface area contributed by atoms with Gasteiger partial charge in [0.15, 0.2) is 0 Å². The summed E-state index contributed by atoms with van der Waals surface area (Å²) in [5.74, 6) is 0. The maximum atomic E-state index is 6.67. The van der Waals surface area contributed by atoms with E-state index in [0.29, 0.717) is 0 Å². The summed E-state index contributed by atoms with van der Waals surface area (Å²) in [5.41, 5.74) is 17.9. The topological polar surface area (TPSA) is 19.6 Å². The van der Waals surface area contributed by atoms with Crippen LogP contribution in [0.2, 0.25) is 0 Å². The maximum absolute atomic E-state index is 6.67. The van der Waals surface area contributed by atoms with E-state index in [1.54, 1.807) is 0 Å². The molecule has 0 amide bonds. The smallest absolute Gasteiger partial charge is 0.143 e. The van der Waals surface area contributed by atoms with Crippen LogP contribution in [0.4, 0.5) is 34.1 Å². The Labute approximate surface area is 464 Å². The second kappa shape index (κ2) is 17.9. The van der Waals surface area contributed by atoms with E-state index in [1.807, 2.05) is 6.07 Å². The molecule has 1 aromatic heterocycles. The molecule has 0 atom stereocenters. The fourth-order valence-electron chi connectivity index (χ4n) is 13.4. The molecule has 0 saturated heterocycles. The monoisotopic (exact) mass is 1020 g/mol. The molecule has 80 heavy (non-hydrogen) atoms. The van der Waals surface area contributed by atoms with Gasteiger partial charge in [-0.05, 0) is 155 Å². The van der Waals surface area contributed by atoms with Gasteiger partial charge in [-0.25, -0.2) is 0 Å². The molecule has 0 fully saturated rings. The standard InChI is InChI=1S/C77H52N2O/c1-77(2)71-47-54(78(52-20-4-3-5-21-52)73-32-16-19-50-18-6-7-22-56(50)73)39-42-64(71)65-43-40-55(48-72(65)77)79(74-45-44-62(60-26-12-13-28-66(60)74)68-30-17-31-69-67-29-14-15-33-75(67)80-76(68)69)53-37-34-49(35-38-53)51-36-41-63-59-25-9-8-23-57(59)58-24-10-11-27-61(58)70(63)46-51/h3-48H,1-2H3. The van der Waals surface area contributed by atoms with Crippen LogP contribution in [0.25, 0.3) is 109 Å². The number of fused-ring (bicyclic) bond motifs is 14. The van der Waals surface area contributed by atoms with Gasteiger partial charge in [-0.2, -0.15) is 0 Å². The molecular formula is C77H52N2O. The Kier molecular flexibility index (Phi) is 10.3. The minimum atomic E-state index is -0.323. The fourth-order valence-corrected chi connectivity index (χ4v) is 13.4. The molecule has 0 spiro atoms. The zero-order valence-corrected chi connectivity index (χ0v) is 44.4. The summed E-state index contributed by atoms with van der Waals surface area (Å²) in [6.07, 6.45) is 0. The highest BCUT2D eigenvalue weighted by molar-refractivity contribution is 6.26. The zero-order valence-electron chi connectivity index (χ0n) is 44.4. The van der Waals surface area contributed by atoms with Crippen molar-refractivity contribution in [3.63, 3.8) is 0 Å². The molecule has 376 valence electrons. The molecule has 0 bridgehead atoms. The van der Waals surface area contributed by atoms with Gasteiger partial charge in [0.1, 0.15) is 11.2 Å². The Morgan fingerprint density at radius 2 is 0.750 bits per heavy atom. The normalized spacial score (nSPS) is 12.7. The number of anilines is 6. The summed E-state index contributed by atoms with van der Waals surface area (Å²) >= 11 is 0. The Morgan fingerprint density at radius 3 is 1.44 bits per heavy atom. The Morgan fingerprint density at radius 1 is 0.275 bits per heavy atom. The van der Waals surface area contributed by atoms with E-state index in [-0.39, 0.29) is 5.41 Å². The first-order valence-electron chi connectivity index (χ1n) is 27.7. The lowest BCUT2D eigenvalue weighted by molar-refractivity contribution is 0.660. The summed E-state index contributed by atoms with van der Waals surface area (Å²) < 4.78 is 6.67. The third-order valence-electron chi connectivity index (χ3n) is 17.2. The van der Waals surface area contributed by atoms with Crippen LogP contribution in [0, 0.1) is 0 Å². The number of para-hydroxylation sites is 3. The first kappa shape index (κ1) is 45.9. The van der Waals surface area contributed by atoms with Crippen LogP contribution >= 0.6 is 0 Å². The summed E-state index contributed by atoms with van der Waals surface area (Å²) in [6, 6.07) is 103. The van der Waals surface area contributed by atoms with Crippen LogP contribution < -0.4 is 9.80 Å². The molecule has 0 saturated carbocycles. The zero-order chi connectivity index (χ0) is 53.1. The Balaban J connectivity index is 0.849. The maximum Gasteiger partial charge on any atom is 0.143 e. The average Bonchev–Trinajstić information content (AvgIpc) is 4.04. The van der Waals surface area contributed by atoms with Gasteiger partial charge < -0.3 is 14.2 Å². The lowest BCUT2D eigenvalue weighted by Crippen LogP contribution is -2.18. The molecule has 0 aliphatic heterocycles. The molecular weight excluding hydrogens is 969 g/mol. The molecule has 1 aliphatic carbocycles. The molecule has 1 aliphatic rings. The van der Waals surface area contributed by atoms with Crippen molar-refractivity contribution in [3.05, 3.63) is 290 Å². The number of rotatable bonds is 8. The fraction of sp³-hybridized carbons (Fsp3) is 0.0390. The minimum Gasteiger partial charge on any atom is -0.455 e. The van der Waals surface area contributed by atoms with Gasteiger partial charge in [-0.1, -0.05) is 220 Å². The number of hydrogen-bond acceptors (Lipinski definition) is 3. The van der Waals surface area contributed by atoms with E-state index in [1.165, 1.54) is 76.5 Å². The molecule has 16 rings (SSSR count). The highest BCUT2D eigenvalue weighted by Crippen LogP contribution is 2.54. The summed E-state index contributed by atoms with van der Waals surface area (Å²) in [5, 5.41) is 14.6. The first-order chi connectivity index (χ1) is 39.4.